The third-order valence-corrected chi connectivity index (χ3v) is 8.18. The van der Waals surface area contributed by atoms with Crippen LogP contribution in [0.2, 0.25) is 0 Å². The van der Waals surface area contributed by atoms with Gasteiger partial charge in [0.15, 0.2) is 12.4 Å². The van der Waals surface area contributed by atoms with Crippen LogP contribution in [0, 0.1) is 23.2 Å². The third kappa shape index (κ3) is 4.04. The molecule has 2 atom stereocenters. The molecule has 1 aliphatic heterocycles. The number of aliphatic hydroxyl groups excluding tert-OH is 2. The Morgan fingerprint density at radius 1 is 1.03 bits per heavy atom. The minimum atomic E-state index is -6.04. The van der Waals surface area contributed by atoms with Gasteiger partial charge in [-0.2, -0.15) is 17.2 Å². The zero-order valence-corrected chi connectivity index (χ0v) is 18.4. The molecule has 33 heavy (non-hydrogen) atoms. The van der Waals surface area contributed by atoms with Crippen molar-refractivity contribution in [1.82, 2.24) is 0 Å². The molecular weight excluding hydrogens is 474 g/mol. The average Bonchev–Trinajstić information content (AvgIpc) is 2.74. The number of ether oxygens (including phenoxy) is 4. The van der Waals surface area contributed by atoms with Crippen molar-refractivity contribution in [2.45, 2.75) is 48.7 Å². The lowest BCUT2D eigenvalue weighted by molar-refractivity contribution is -0.396. The Labute approximate surface area is 188 Å². The van der Waals surface area contributed by atoms with Gasteiger partial charge < -0.3 is 29.2 Å². The summed E-state index contributed by atoms with van der Waals surface area (Å²) < 4.78 is 78.1. The highest BCUT2D eigenvalue weighted by Crippen LogP contribution is 2.63. The average molecular weight is 500 g/mol. The molecule has 0 aromatic carbocycles. The largest absolute Gasteiger partial charge is 0.465 e. The molecule has 2 unspecified atom stereocenters. The zero-order valence-electron chi connectivity index (χ0n) is 17.6. The summed E-state index contributed by atoms with van der Waals surface area (Å²) in [7, 11) is -6.04. The van der Waals surface area contributed by atoms with E-state index in [1.54, 1.807) is 0 Å². The lowest BCUT2D eigenvalue weighted by Gasteiger charge is -2.65. The van der Waals surface area contributed by atoms with Gasteiger partial charge in [-0.05, 0) is 38.0 Å². The van der Waals surface area contributed by atoms with Crippen molar-refractivity contribution in [1.29, 1.82) is 0 Å². The monoisotopic (exact) mass is 500 g/mol. The van der Waals surface area contributed by atoms with E-state index in [0.29, 0.717) is 19.3 Å². The minimum Gasteiger partial charge on any atom is -0.457 e. The SMILES string of the molecule is O=C(COC(=O)C(F)(F)S(=O)(=O)O)OC12CC3CC(C1)C1(OCC(CO)(CO)CO1)C(C3)C2. The van der Waals surface area contributed by atoms with Gasteiger partial charge in [-0.1, -0.05) is 0 Å². The Kier molecular flexibility index (Phi) is 6.02. The fourth-order valence-corrected chi connectivity index (χ4v) is 6.15. The van der Waals surface area contributed by atoms with Crippen molar-refractivity contribution < 1.29 is 60.5 Å². The lowest BCUT2D eigenvalue weighted by Crippen LogP contribution is -2.69. The molecule has 1 saturated heterocycles. The summed E-state index contributed by atoms with van der Waals surface area (Å²) in [5.74, 6) is -4.69. The summed E-state index contributed by atoms with van der Waals surface area (Å²) in [6.07, 6.45) is 2.79. The van der Waals surface area contributed by atoms with Gasteiger partial charge in [-0.25, -0.2) is 9.59 Å². The normalized spacial score (nSPS) is 34.3. The van der Waals surface area contributed by atoms with Crippen molar-refractivity contribution in [3.05, 3.63) is 0 Å². The van der Waals surface area contributed by atoms with Crippen molar-refractivity contribution in [3.8, 4) is 0 Å². The predicted octanol–water partition coefficient (Wildman–Crippen LogP) is -0.154. The number of rotatable bonds is 7. The highest BCUT2D eigenvalue weighted by molar-refractivity contribution is 7.87. The standard InChI is InChI=1S/C19H26F2O11S/c20-19(21,33(26,27)28)15(25)29-6-14(24)32-17-3-11-1-12(4-17)18(13(2-11)5-17)30-9-16(7-22,8-23)10-31-18/h11-13,22-23H,1-10H2,(H,26,27,28). The number of halogens is 2. The summed E-state index contributed by atoms with van der Waals surface area (Å²) in [4.78, 5) is 23.6. The maximum absolute atomic E-state index is 13.3. The molecule has 0 radical (unpaired) electrons. The summed E-state index contributed by atoms with van der Waals surface area (Å²) in [6.45, 7) is -1.60. The van der Waals surface area contributed by atoms with Crippen LogP contribution < -0.4 is 0 Å². The molecule has 4 saturated carbocycles. The summed E-state index contributed by atoms with van der Waals surface area (Å²) in [6, 6.07) is 0. The molecule has 5 rings (SSSR count). The number of alkyl halides is 2. The highest BCUT2D eigenvalue weighted by Gasteiger charge is 2.67. The van der Waals surface area contributed by atoms with Crippen molar-refractivity contribution in [2.24, 2.45) is 23.2 Å². The quantitative estimate of drug-likeness (QED) is 0.314. The van der Waals surface area contributed by atoms with Crippen molar-refractivity contribution in [2.75, 3.05) is 33.0 Å². The van der Waals surface area contributed by atoms with E-state index in [1.807, 2.05) is 0 Å². The second kappa shape index (κ2) is 8.05. The number of carbonyl (C=O) groups excluding carboxylic acids is 2. The molecule has 1 spiro atoms. The molecule has 5 aliphatic rings. The van der Waals surface area contributed by atoms with Gasteiger partial charge in [0.25, 0.3) is 0 Å². The van der Waals surface area contributed by atoms with Gasteiger partial charge in [0.05, 0.1) is 31.8 Å². The summed E-state index contributed by atoms with van der Waals surface area (Å²) in [5.41, 5.74) is -1.82. The Balaban J connectivity index is 1.40. The zero-order chi connectivity index (χ0) is 24.3. The highest BCUT2D eigenvalue weighted by atomic mass is 32.2. The Hall–Kier alpha value is -1.45. The van der Waals surface area contributed by atoms with E-state index in [0.717, 1.165) is 12.8 Å². The van der Waals surface area contributed by atoms with Crippen LogP contribution in [0.5, 0.6) is 0 Å². The maximum Gasteiger partial charge on any atom is 0.465 e. The van der Waals surface area contributed by atoms with E-state index in [-0.39, 0.29) is 44.2 Å². The first-order valence-electron chi connectivity index (χ1n) is 10.5. The molecule has 14 heteroatoms. The Morgan fingerprint density at radius 3 is 2.06 bits per heavy atom. The Bertz CT molecular complexity index is 889. The maximum atomic E-state index is 13.3. The molecule has 4 bridgehead atoms. The minimum absolute atomic E-state index is 0.113. The predicted molar refractivity (Wildman–Crippen MR) is 101 cm³/mol. The number of hydrogen-bond donors (Lipinski definition) is 3. The number of hydrogen-bond acceptors (Lipinski definition) is 10. The number of esters is 2. The van der Waals surface area contributed by atoms with E-state index >= 15 is 0 Å². The fourth-order valence-electron chi connectivity index (χ4n) is 5.88. The first-order chi connectivity index (χ1) is 15.3. The van der Waals surface area contributed by atoms with E-state index in [4.69, 9.17) is 18.8 Å². The second-order valence-corrected chi connectivity index (χ2v) is 11.1. The van der Waals surface area contributed by atoms with E-state index in [9.17, 15) is 37.0 Å². The van der Waals surface area contributed by atoms with Crippen LogP contribution >= 0.6 is 0 Å². The van der Waals surface area contributed by atoms with Crippen molar-refractivity contribution >= 4 is 22.1 Å². The van der Waals surface area contributed by atoms with Gasteiger partial charge in [-0.3, -0.25) is 4.55 Å². The first kappa shape index (κ1) is 24.7. The third-order valence-electron chi connectivity index (χ3n) is 7.36. The fraction of sp³-hybridized carbons (Fsp3) is 0.895. The van der Waals surface area contributed by atoms with E-state index in [1.165, 1.54) is 0 Å². The topological polar surface area (TPSA) is 166 Å². The smallest absolute Gasteiger partial charge is 0.457 e. The summed E-state index contributed by atoms with van der Waals surface area (Å²) >= 11 is 0. The molecule has 0 aromatic heterocycles. The van der Waals surface area contributed by atoms with Crippen LogP contribution in [0.1, 0.15) is 32.1 Å². The molecule has 4 aliphatic carbocycles. The van der Waals surface area contributed by atoms with Crippen LogP contribution in [0.15, 0.2) is 0 Å². The molecule has 5 fully saturated rings. The van der Waals surface area contributed by atoms with Gasteiger partial charge in [-0.15, -0.1) is 0 Å². The second-order valence-electron chi connectivity index (χ2n) is 9.68. The van der Waals surface area contributed by atoms with Gasteiger partial charge in [0, 0.05) is 11.8 Å². The summed E-state index contributed by atoms with van der Waals surface area (Å²) in [5, 5.41) is 14.0. The molecule has 0 aromatic rings. The van der Waals surface area contributed by atoms with Crippen LogP contribution in [-0.4, -0.2) is 84.8 Å². The number of aliphatic hydroxyl groups is 2. The van der Waals surface area contributed by atoms with Crippen LogP contribution in [0.4, 0.5) is 8.78 Å². The van der Waals surface area contributed by atoms with Crippen molar-refractivity contribution in [3.63, 3.8) is 0 Å². The molecule has 1 heterocycles. The Morgan fingerprint density at radius 2 is 1.58 bits per heavy atom. The molecule has 0 amide bonds. The van der Waals surface area contributed by atoms with E-state index in [2.05, 4.69) is 4.74 Å². The molecule has 188 valence electrons. The van der Waals surface area contributed by atoms with Gasteiger partial charge in [0.1, 0.15) is 5.60 Å². The van der Waals surface area contributed by atoms with Crippen LogP contribution in [-0.2, 0) is 38.7 Å². The van der Waals surface area contributed by atoms with Gasteiger partial charge in [0.2, 0.25) is 0 Å². The first-order valence-corrected chi connectivity index (χ1v) is 12.0. The lowest BCUT2D eigenvalue weighted by atomic mass is 9.51. The molecule has 3 N–H and O–H groups in total. The number of carbonyl (C=O) groups is 2. The van der Waals surface area contributed by atoms with Gasteiger partial charge >= 0.3 is 27.3 Å². The molecule has 11 nitrogen and oxygen atoms in total. The van der Waals surface area contributed by atoms with Crippen LogP contribution in [0.25, 0.3) is 0 Å². The van der Waals surface area contributed by atoms with Crippen LogP contribution in [0.3, 0.4) is 0 Å². The van der Waals surface area contributed by atoms with E-state index < -0.39 is 50.7 Å². The molecular formula is C19H26F2O11S.